The van der Waals surface area contributed by atoms with Crippen molar-refractivity contribution in [3.05, 3.63) is 48.0 Å². The van der Waals surface area contributed by atoms with Gasteiger partial charge in [0, 0.05) is 11.4 Å². The molecule has 0 spiro atoms. The largest absolute Gasteiger partial charge is 0.398 e. The number of nitrogen functional groups attached to an aromatic ring is 1. The van der Waals surface area contributed by atoms with E-state index < -0.39 is 10.0 Å². The predicted molar refractivity (Wildman–Crippen MR) is 81.3 cm³/mol. The normalized spacial score (nSPS) is 11.3. The second kappa shape index (κ2) is 5.52. The molecular formula is C14H17N3O2S. The Hall–Kier alpha value is -2.05. The molecule has 5 nitrogen and oxygen atoms in total. The van der Waals surface area contributed by atoms with Gasteiger partial charge in [0.25, 0.3) is 0 Å². The Morgan fingerprint density at radius 3 is 2.15 bits per heavy atom. The van der Waals surface area contributed by atoms with E-state index in [2.05, 4.69) is 12.2 Å². The van der Waals surface area contributed by atoms with Gasteiger partial charge >= 0.3 is 0 Å². The number of anilines is 3. The van der Waals surface area contributed by atoms with Crippen molar-refractivity contribution in [2.24, 2.45) is 5.14 Å². The van der Waals surface area contributed by atoms with Crippen LogP contribution in [0.15, 0.2) is 47.4 Å². The molecule has 0 saturated heterocycles. The minimum absolute atomic E-state index is 0.0654. The number of aryl methyl sites for hydroxylation is 1. The predicted octanol–water partition coefficient (Wildman–Crippen LogP) is 2.22. The second-order valence-electron chi connectivity index (χ2n) is 4.47. The molecule has 2 rings (SSSR count). The van der Waals surface area contributed by atoms with Crippen LogP contribution in [0.1, 0.15) is 12.5 Å². The molecule has 0 fully saturated rings. The smallest absolute Gasteiger partial charge is 0.240 e. The highest BCUT2D eigenvalue weighted by Gasteiger charge is 2.12. The lowest BCUT2D eigenvalue weighted by molar-refractivity contribution is 0.598. The molecule has 0 aliphatic rings. The van der Waals surface area contributed by atoms with Crippen molar-refractivity contribution in [3.8, 4) is 0 Å². The Labute approximate surface area is 118 Å². The zero-order chi connectivity index (χ0) is 14.8. The van der Waals surface area contributed by atoms with Crippen LogP contribution < -0.4 is 16.2 Å². The summed E-state index contributed by atoms with van der Waals surface area (Å²) in [5.41, 5.74) is 8.70. The first-order valence-electron chi connectivity index (χ1n) is 6.18. The van der Waals surface area contributed by atoms with Crippen molar-refractivity contribution < 1.29 is 8.42 Å². The lowest BCUT2D eigenvalue weighted by Gasteiger charge is -2.10. The van der Waals surface area contributed by atoms with Gasteiger partial charge in [-0.1, -0.05) is 19.1 Å². The van der Waals surface area contributed by atoms with Crippen molar-refractivity contribution in [2.75, 3.05) is 11.1 Å². The fourth-order valence-corrected chi connectivity index (χ4v) is 2.52. The van der Waals surface area contributed by atoms with Crippen LogP contribution in [0.25, 0.3) is 0 Å². The first-order valence-corrected chi connectivity index (χ1v) is 7.73. The Balaban J connectivity index is 2.24. The second-order valence-corrected chi connectivity index (χ2v) is 6.00. The Morgan fingerprint density at radius 2 is 1.65 bits per heavy atom. The third-order valence-corrected chi connectivity index (χ3v) is 3.95. The summed E-state index contributed by atoms with van der Waals surface area (Å²) in [5, 5.41) is 8.22. The molecule has 2 aromatic carbocycles. The average molecular weight is 291 g/mol. The van der Waals surface area contributed by atoms with Crippen LogP contribution in [0, 0.1) is 0 Å². The number of hydrogen-bond donors (Lipinski definition) is 3. The molecule has 0 aliphatic heterocycles. The van der Waals surface area contributed by atoms with Gasteiger partial charge in [-0.25, -0.2) is 13.6 Å². The van der Waals surface area contributed by atoms with Gasteiger partial charge < -0.3 is 11.1 Å². The van der Waals surface area contributed by atoms with Crippen LogP contribution in [0.3, 0.4) is 0 Å². The van der Waals surface area contributed by atoms with Crippen molar-refractivity contribution in [2.45, 2.75) is 18.2 Å². The van der Waals surface area contributed by atoms with E-state index in [1.54, 1.807) is 12.1 Å². The van der Waals surface area contributed by atoms with Crippen LogP contribution in [0.5, 0.6) is 0 Å². The van der Waals surface area contributed by atoms with Gasteiger partial charge in [-0.15, -0.1) is 0 Å². The highest BCUT2D eigenvalue weighted by atomic mass is 32.2. The van der Waals surface area contributed by atoms with Gasteiger partial charge in [-0.2, -0.15) is 0 Å². The number of nitrogens with one attached hydrogen (secondary N) is 1. The fourth-order valence-electron chi connectivity index (χ4n) is 1.88. The highest BCUT2D eigenvalue weighted by Crippen LogP contribution is 2.24. The molecule has 0 bridgehead atoms. The quantitative estimate of drug-likeness (QED) is 0.752. The third kappa shape index (κ3) is 3.28. The fraction of sp³-hybridized carbons (Fsp3) is 0.143. The summed E-state index contributed by atoms with van der Waals surface area (Å²) < 4.78 is 22.5. The first kappa shape index (κ1) is 14.4. The van der Waals surface area contributed by atoms with E-state index >= 15 is 0 Å². The van der Waals surface area contributed by atoms with Crippen LogP contribution >= 0.6 is 0 Å². The molecule has 0 saturated carbocycles. The Morgan fingerprint density at radius 1 is 1.05 bits per heavy atom. The maximum Gasteiger partial charge on any atom is 0.240 e. The van der Waals surface area contributed by atoms with Crippen molar-refractivity contribution in [1.82, 2.24) is 0 Å². The number of sulfonamides is 1. The monoisotopic (exact) mass is 291 g/mol. The van der Waals surface area contributed by atoms with Gasteiger partial charge in [0.15, 0.2) is 0 Å². The SMILES string of the molecule is CCc1ccc(Nc2ccc(S(N)(=O)=O)c(N)c2)cc1. The molecule has 2 aromatic rings. The maximum atomic E-state index is 11.3. The van der Waals surface area contributed by atoms with Crippen LogP contribution in [-0.2, 0) is 16.4 Å². The van der Waals surface area contributed by atoms with Crippen LogP contribution in [-0.4, -0.2) is 8.42 Å². The Kier molecular flexibility index (Phi) is 3.96. The minimum atomic E-state index is -3.78. The molecule has 20 heavy (non-hydrogen) atoms. The summed E-state index contributed by atoms with van der Waals surface area (Å²) in [6.45, 7) is 2.09. The third-order valence-electron chi connectivity index (χ3n) is 2.97. The minimum Gasteiger partial charge on any atom is -0.398 e. The van der Waals surface area contributed by atoms with Crippen LogP contribution in [0.4, 0.5) is 17.1 Å². The zero-order valence-electron chi connectivity index (χ0n) is 11.1. The van der Waals surface area contributed by atoms with Crippen molar-refractivity contribution in [3.63, 3.8) is 0 Å². The molecule has 0 atom stereocenters. The number of rotatable bonds is 4. The molecule has 6 heteroatoms. The molecule has 0 unspecified atom stereocenters. The molecule has 0 aromatic heterocycles. The first-order chi connectivity index (χ1) is 9.40. The summed E-state index contributed by atoms with van der Waals surface area (Å²) in [6, 6.07) is 12.6. The molecular weight excluding hydrogens is 274 g/mol. The van der Waals surface area contributed by atoms with E-state index in [4.69, 9.17) is 10.9 Å². The zero-order valence-corrected chi connectivity index (χ0v) is 11.9. The Bertz CT molecular complexity index is 710. The number of primary sulfonamides is 1. The number of nitrogens with two attached hydrogens (primary N) is 2. The summed E-state index contributed by atoms with van der Waals surface area (Å²) >= 11 is 0. The molecule has 0 aliphatic carbocycles. The van der Waals surface area contributed by atoms with E-state index in [0.717, 1.165) is 12.1 Å². The maximum absolute atomic E-state index is 11.3. The van der Waals surface area contributed by atoms with Gasteiger partial charge in [-0.3, -0.25) is 0 Å². The standard InChI is InChI=1S/C14H17N3O2S/c1-2-10-3-5-11(6-4-10)17-12-7-8-14(13(15)9-12)20(16,18)19/h3-9,17H,2,15H2,1H3,(H2,16,18,19). The lowest BCUT2D eigenvalue weighted by atomic mass is 10.1. The average Bonchev–Trinajstić information content (AvgIpc) is 2.38. The molecule has 0 heterocycles. The summed E-state index contributed by atoms with van der Waals surface area (Å²) in [4.78, 5) is -0.0654. The molecule has 0 radical (unpaired) electrons. The van der Waals surface area contributed by atoms with Gasteiger partial charge in [0.2, 0.25) is 10.0 Å². The highest BCUT2D eigenvalue weighted by molar-refractivity contribution is 7.89. The number of hydrogen-bond acceptors (Lipinski definition) is 4. The van der Waals surface area contributed by atoms with Gasteiger partial charge in [-0.05, 0) is 42.3 Å². The summed E-state index contributed by atoms with van der Waals surface area (Å²) in [5.74, 6) is 0. The van der Waals surface area contributed by atoms with Crippen molar-refractivity contribution in [1.29, 1.82) is 0 Å². The van der Waals surface area contributed by atoms with Gasteiger partial charge in [0.05, 0.1) is 5.69 Å². The lowest BCUT2D eigenvalue weighted by Crippen LogP contribution is -2.14. The van der Waals surface area contributed by atoms with E-state index in [1.165, 1.54) is 11.6 Å². The number of benzene rings is 2. The molecule has 0 amide bonds. The van der Waals surface area contributed by atoms with Crippen LogP contribution in [0.2, 0.25) is 0 Å². The molecule has 106 valence electrons. The van der Waals surface area contributed by atoms with E-state index in [1.807, 2.05) is 24.3 Å². The van der Waals surface area contributed by atoms with E-state index in [-0.39, 0.29) is 10.6 Å². The van der Waals surface area contributed by atoms with Crippen molar-refractivity contribution >= 4 is 27.1 Å². The summed E-state index contributed by atoms with van der Waals surface area (Å²) in [7, 11) is -3.78. The van der Waals surface area contributed by atoms with E-state index in [0.29, 0.717) is 5.69 Å². The topological polar surface area (TPSA) is 98.2 Å². The molecule has 5 N–H and O–H groups in total. The summed E-state index contributed by atoms with van der Waals surface area (Å²) in [6.07, 6.45) is 0.982. The van der Waals surface area contributed by atoms with E-state index in [9.17, 15) is 8.42 Å². The van der Waals surface area contributed by atoms with Gasteiger partial charge in [0.1, 0.15) is 4.90 Å².